The van der Waals surface area contributed by atoms with E-state index in [2.05, 4.69) is 5.10 Å². The number of hydrogen-bond acceptors (Lipinski definition) is 4. The molecular formula is C17H16FN3OS. The van der Waals surface area contributed by atoms with Gasteiger partial charge in [-0.15, -0.1) is 5.10 Å². The summed E-state index contributed by atoms with van der Waals surface area (Å²) in [6.07, 6.45) is 0. The summed E-state index contributed by atoms with van der Waals surface area (Å²) in [5.41, 5.74) is 1.91. The smallest absolute Gasteiger partial charge is 0.288 e. The van der Waals surface area contributed by atoms with Gasteiger partial charge in [0.15, 0.2) is 0 Å². The van der Waals surface area contributed by atoms with Crippen LogP contribution in [0.15, 0.2) is 59.0 Å². The summed E-state index contributed by atoms with van der Waals surface area (Å²) in [5, 5.41) is 4.42. The average Bonchev–Trinajstić information content (AvgIpc) is 2.91. The molecule has 0 radical (unpaired) electrons. The van der Waals surface area contributed by atoms with E-state index in [-0.39, 0.29) is 5.82 Å². The Hall–Kier alpha value is -2.31. The Kier molecular flexibility index (Phi) is 4.64. The molecule has 0 aliphatic rings. The third-order valence-electron chi connectivity index (χ3n) is 3.37. The van der Waals surface area contributed by atoms with E-state index in [1.54, 1.807) is 16.8 Å². The van der Waals surface area contributed by atoms with Crippen LogP contribution in [0.1, 0.15) is 5.56 Å². The van der Waals surface area contributed by atoms with Gasteiger partial charge in [0.1, 0.15) is 5.82 Å². The monoisotopic (exact) mass is 329 g/mol. The number of halogens is 1. The SMILES string of the molecule is CN(Cc1ccc(F)cc1)Cn1nc(-c2ccccc2)oc1=S. The molecule has 0 unspecified atom stereocenters. The lowest BCUT2D eigenvalue weighted by Gasteiger charge is -2.15. The van der Waals surface area contributed by atoms with Gasteiger partial charge in [0.25, 0.3) is 4.84 Å². The van der Waals surface area contributed by atoms with Crippen LogP contribution in [0, 0.1) is 10.7 Å². The Labute approximate surface area is 138 Å². The fourth-order valence-corrected chi connectivity index (χ4v) is 2.45. The van der Waals surface area contributed by atoms with Crippen molar-refractivity contribution in [3.63, 3.8) is 0 Å². The first-order chi connectivity index (χ1) is 11.1. The molecule has 0 N–H and O–H groups in total. The summed E-state index contributed by atoms with van der Waals surface area (Å²) in [5.74, 6) is 0.272. The van der Waals surface area contributed by atoms with Crippen LogP contribution in [0.25, 0.3) is 11.5 Å². The van der Waals surface area contributed by atoms with Gasteiger partial charge < -0.3 is 4.42 Å². The first-order valence-corrected chi connectivity index (χ1v) is 7.59. The van der Waals surface area contributed by atoms with Crippen LogP contribution in [0.4, 0.5) is 4.39 Å². The largest absolute Gasteiger partial charge is 0.409 e. The first-order valence-electron chi connectivity index (χ1n) is 7.18. The Morgan fingerprint density at radius 3 is 2.52 bits per heavy atom. The summed E-state index contributed by atoms with van der Waals surface area (Å²) in [7, 11) is 1.95. The van der Waals surface area contributed by atoms with Gasteiger partial charge in [-0.1, -0.05) is 30.3 Å². The predicted molar refractivity (Wildman–Crippen MR) is 88.6 cm³/mol. The molecule has 4 nitrogen and oxygen atoms in total. The molecule has 0 saturated carbocycles. The maximum atomic E-state index is 12.9. The van der Waals surface area contributed by atoms with E-state index in [1.165, 1.54) is 12.1 Å². The average molecular weight is 329 g/mol. The molecule has 3 aromatic rings. The van der Waals surface area contributed by atoms with Crippen molar-refractivity contribution in [3.05, 3.63) is 70.8 Å². The van der Waals surface area contributed by atoms with Crippen LogP contribution in [0.3, 0.4) is 0 Å². The molecule has 0 fully saturated rings. The zero-order valence-electron chi connectivity index (χ0n) is 12.6. The highest BCUT2D eigenvalue weighted by molar-refractivity contribution is 7.71. The molecule has 0 aliphatic carbocycles. The van der Waals surface area contributed by atoms with Crippen molar-refractivity contribution in [2.75, 3.05) is 7.05 Å². The third-order valence-corrected chi connectivity index (χ3v) is 3.66. The minimum absolute atomic E-state index is 0.234. The van der Waals surface area contributed by atoms with Crippen LogP contribution in [0.2, 0.25) is 0 Å². The van der Waals surface area contributed by atoms with Gasteiger partial charge in [-0.2, -0.15) is 0 Å². The highest BCUT2D eigenvalue weighted by atomic mass is 32.1. The maximum Gasteiger partial charge on any atom is 0.288 e. The lowest BCUT2D eigenvalue weighted by Crippen LogP contribution is -2.22. The summed E-state index contributed by atoms with van der Waals surface area (Å²) >= 11 is 5.23. The lowest BCUT2D eigenvalue weighted by molar-refractivity contribution is 0.240. The van der Waals surface area contributed by atoms with E-state index in [0.29, 0.717) is 23.9 Å². The van der Waals surface area contributed by atoms with Crippen LogP contribution in [0.5, 0.6) is 0 Å². The van der Waals surface area contributed by atoms with E-state index in [9.17, 15) is 4.39 Å². The van der Waals surface area contributed by atoms with Crippen LogP contribution < -0.4 is 0 Å². The Morgan fingerprint density at radius 1 is 1.13 bits per heavy atom. The van der Waals surface area contributed by atoms with E-state index < -0.39 is 0 Å². The molecule has 23 heavy (non-hydrogen) atoms. The van der Waals surface area contributed by atoms with Crippen molar-refractivity contribution in [1.82, 2.24) is 14.7 Å². The molecule has 2 aromatic carbocycles. The van der Waals surface area contributed by atoms with Gasteiger partial charge in [-0.25, -0.2) is 9.07 Å². The van der Waals surface area contributed by atoms with E-state index >= 15 is 0 Å². The number of aromatic nitrogens is 2. The van der Waals surface area contributed by atoms with Crippen molar-refractivity contribution in [3.8, 4) is 11.5 Å². The summed E-state index contributed by atoms with van der Waals surface area (Å²) in [6, 6.07) is 16.1. The molecule has 0 spiro atoms. The van der Waals surface area contributed by atoms with E-state index in [0.717, 1.165) is 11.1 Å². The van der Waals surface area contributed by atoms with Gasteiger partial charge >= 0.3 is 0 Å². The molecule has 0 amide bonds. The van der Waals surface area contributed by atoms with E-state index in [4.69, 9.17) is 16.6 Å². The number of nitrogens with zero attached hydrogens (tertiary/aromatic N) is 3. The minimum Gasteiger partial charge on any atom is -0.409 e. The standard InChI is InChI=1S/C17H16FN3OS/c1-20(11-13-7-9-15(18)10-8-13)12-21-17(23)22-16(19-21)14-5-3-2-4-6-14/h2-10H,11-12H2,1H3. The second-order valence-electron chi connectivity index (χ2n) is 5.32. The number of benzene rings is 2. The van der Waals surface area contributed by atoms with Gasteiger partial charge in [0.05, 0.1) is 6.67 Å². The van der Waals surface area contributed by atoms with Crippen molar-refractivity contribution in [2.45, 2.75) is 13.2 Å². The highest BCUT2D eigenvalue weighted by Crippen LogP contribution is 2.17. The molecule has 6 heteroatoms. The van der Waals surface area contributed by atoms with Crippen molar-refractivity contribution >= 4 is 12.2 Å². The molecule has 3 rings (SSSR count). The van der Waals surface area contributed by atoms with Gasteiger partial charge in [-0.05, 0) is 49.1 Å². The molecular weight excluding hydrogens is 313 g/mol. The fraction of sp³-hybridized carbons (Fsp3) is 0.176. The Balaban J connectivity index is 1.71. The molecule has 0 saturated heterocycles. The Morgan fingerprint density at radius 2 is 1.83 bits per heavy atom. The van der Waals surface area contributed by atoms with Crippen molar-refractivity contribution < 1.29 is 8.81 Å². The molecule has 1 heterocycles. The lowest BCUT2D eigenvalue weighted by atomic mass is 10.2. The highest BCUT2D eigenvalue weighted by Gasteiger charge is 2.09. The molecule has 0 atom stereocenters. The summed E-state index contributed by atoms with van der Waals surface area (Å²) in [6.45, 7) is 1.15. The second-order valence-corrected chi connectivity index (χ2v) is 5.67. The van der Waals surface area contributed by atoms with Crippen LogP contribution in [-0.2, 0) is 13.2 Å². The van der Waals surface area contributed by atoms with Gasteiger partial charge in [0, 0.05) is 12.1 Å². The van der Waals surface area contributed by atoms with Gasteiger partial charge in [-0.3, -0.25) is 4.90 Å². The van der Waals surface area contributed by atoms with Crippen molar-refractivity contribution in [1.29, 1.82) is 0 Å². The molecule has 1 aromatic heterocycles. The first kappa shape index (κ1) is 15.6. The molecule has 0 aliphatic heterocycles. The molecule has 118 valence electrons. The summed E-state index contributed by atoms with van der Waals surface area (Å²) < 4.78 is 20.1. The van der Waals surface area contributed by atoms with Crippen LogP contribution in [-0.4, -0.2) is 21.7 Å². The predicted octanol–water partition coefficient (Wildman–Crippen LogP) is 4.10. The molecule has 0 bridgehead atoms. The number of hydrogen-bond donors (Lipinski definition) is 0. The number of rotatable bonds is 5. The topological polar surface area (TPSA) is 34.2 Å². The van der Waals surface area contributed by atoms with E-state index in [1.807, 2.05) is 42.3 Å². The zero-order valence-corrected chi connectivity index (χ0v) is 13.5. The fourth-order valence-electron chi connectivity index (χ4n) is 2.27. The Bertz CT molecular complexity index is 827. The van der Waals surface area contributed by atoms with Crippen molar-refractivity contribution in [2.24, 2.45) is 0 Å². The minimum atomic E-state index is -0.234. The quantitative estimate of drug-likeness (QED) is 0.660. The second kappa shape index (κ2) is 6.85. The van der Waals surface area contributed by atoms with Gasteiger partial charge in [0.2, 0.25) is 5.89 Å². The normalized spacial score (nSPS) is 11.1. The maximum absolute atomic E-state index is 12.9. The summed E-state index contributed by atoms with van der Waals surface area (Å²) in [4.78, 5) is 2.36. The zero-order chi connectivity index (χ0) is 16.2. The third kappa shape index (κ3) is 3.91. The van der Waals surface area contributed by atoms with Crippen LogP contribution >= 0.6 is 12.2 Å².